The molecule has 0 amide bonds. The maximum Gasteiger partial charge on any atom is 0.116 e. The molecule has 0 spiro atoms. The standard InChI is InChI=1S/C12H12N2OS/c1-9(15)10-4-2-3-5-11(10)16-12-6-7-13-8-14-12/h2-9,15H,1H3. The van der Waals surface area contributed by atoms with Gasteiger partial charge in [-0.15, -0.1) is 0 Å². The summed E-state index contributed by atoms with van der Waals surface area (Å²) in [4.78, 5) is 9.04. The zero-order valence-corrected chi connectivity index (χ0v) is 9.69. The van der Waals surface area contributed by atoms with Gasteiger partial charge in [-0.1, -0.05) is 30.0 Å². The first-order chi connectivity index (χ1) is 7.77. The minimum absolute atomic E-state index is 0.467. The highest BCUT2D eigenvalue weighted by molar-refractivity contribution is 7.99. The first-order valence-corrected chi connectivity index (χ1v) is 5.80. The zero-order valence-electron chi connectivity index (χ0n) is 8.87. The van der Waals surface area contributed by atoms with Crippen molar-refractivity contribution in [3.63, 3.8) is 0 Å². The lowest BCUT2D eigenvalue weighted by Gasteiger charge is -2.10. The van der Waals surface area contributed by atoms with E-state index in [-0.39, 0.29) is 0 Å². The highest BCUT2D eigenvalue weighted by atomic mass is 32.2. The van der Waals surface area contributed by atoms with Gasteiger partial charge in [-0.25, -0.2) is 9.97 Å². The van der Waals surface area contributed by atoms with Crippen LogP contribution in [0.4, 0.5) is 0 Å². The van der Waals surface area contributed by atoms with E-state index in [0.717, 1.165) is 15.5 Å². The Morgan fingerprint density at radius 3 is 2.75 bits per heavy atom. The van der Waals surface area contributed by atoms with Gasteiger partial charge in [0.15, 0.2) is 0 Å². The van der Waals surface area contributed by atoms with Gasteiger partial charge in [-0.05, 0) is 24.6 Å². The Morgan fingerprint density at radius 1 is 1.25 bits per heavy atom. The summed E-state index contributed by atoms with van der Waals surface area (Å²) in [5.41, 5.74) is 0.922. The lowest BCUT2D eigenvalue weighted by molar-refractivity contribution is 0.196. The third-order valence-corrected chi connectivity index (χ3v) is 3.18. The molecule has 2 rings (SSSR count). The lowest BCUT2D eigenvalue weighted by Crippen LogP contribution is -1.93. The first-order valence-electron chi connectivity index (χ1n) is 4.98. The maximum atomic E-state index is 9.64. The normalized spacial score (nSPS) is 12.4. The van der Waals surface area contributed by atoms with Gasteiger partial charge in [0.25, 0.3) is 0 Å². The Labute approximate surface area is 98.6 Å². The first kappa shape index (κ1) is 11.1. The average molecular weight is 232 g/mol. The highest BCUT2D eigenvalue weighted by Gasteiger charge is 2.08. The van der Waals surface area contributed by atoms with Crippen LogP contribution in [0, 0.1) is 0 Å². The SMILES string of the molecule is CC(O)c1ccccc1Sc1ccncn1. The average Bonchev–Trinajstić information content (AvgIpc) is 2.31. The fourth-order valence-electron chi connectivity index (χ4n) is 1.37. The van der Waals surface area contributed by atoms with E-state index in [4.69, 9.17) is 0 Å². The van der Waals surface area contributed by atoms with E-state index in [1.54, 1.807) is 13.1 Å². The van der Waals surface area contributed by atoms with Crippen molar-refractivity contribution in [3.8, 4) is 0 Å². The summed E-state index contributed by atoms with van der Waals surface area (Å²) in [7, 11) is 0. The Hall–Kier alpha value is -1.39. The van der Waals surface area contributed by atoms with Crippen molar-refractivity contribution in [2.75, 3.05) is 0 Å². The molecular weight excluding hydrogens is 220 g/mol. The minimum Gasteiger partial charge on any atom is -0.389 e. The number of hydrogen-bond acceptors (Lipinski definition) is 4. The van der Waals surface area contributed by atoms with Gasteiger partial charge in [0, 0.05) is 11.1 Å². The van der Waals surface area contributed by atoms with Crippen molar-refractivity contribution < 1.29 is 5.11 Å². The molecule has 0 bridgehead atoms. The number of nitrogens with zero attached hydrogens (tertiary/aromatic N) is 2. The quantitative estimate of drug-likeness (QED) is 0.826. The van der Waals surface area contributed by atoms with Crippen LogP contribution in [-0.2, 0) is 0 Å². The van der Waals surface area contributed by atoms with Crippen molar-refractivity contribution >= 4 is 11.8 Å². The second kappa shape index (κ2) is 5.09. The van der Waals surface area contributed by atoms with Crippen LogP contribution in [0.3, 0.4) is 0 Å². The Kier molecular flexibility index (Phi) is 3.54. The summed E-state index contributed by atoms with van der Waals surface area (Å²) in [5, 5.41) is 10.5. The third kappa shape index (κ3) is 2.59. The van der Waals surface area contributed by atoms with E-state index in [1.165, 1.54) is 18.1 Å². The molecule has 4 heteroatoms. The van der Waals surface area contributed by atoms with E-state index < -0.39 is 6.10 Å². The topological polar surface area (TPSA) is 46.0 Å². The molecule has 0 saturated carbocycles. The lowest BCUT2D eigenvalue weighted by atomic mass is 10.1. The second-order valence-electron chi connectivity index (χ2n) is 3.36. The van der Waals surface area contributed by atoms with Crippen LogP contribution >= 0.6 is 11.8 Å². The third-order valence-electron chi connectivity index (χ3n) is 2.14. The predicted octanol–water partition coefficient (Wildman–Crippen LogP) is 2.68. The zero-order chi connectivity index (χ0) is 11.4. The molecule has 0 aliphatic carbocycles. The minimum atomic E-state index is -0.467. The molecule has 1 aromatic carbocycles. The number of aliphatic hydroxyl groups excluding tert-OH is 1. The molecule has 0 aliphatic heterocycles. The molecular formula is C12H12N2OS. The molecule has 0 radical (unpaired) electrons. The van der Waals surface area contributed by atoms with E-state index >= 15 is 0 Å². The Balaban J connectivity index is 2.28. The summed E-state index contributed by atoms with van der Waals surface area (Å²) < 4.78 is 0. The van der Waals surface area contributed by atoms with Crippen LogP contribution in [-0.4, -0.2) is 15.1 Å². The molecule has 82 valence electrons. The van der Waals surface area contributed by atoms with Crippen LogP contribution in [0.5, 0.6) is 0 Å². The molecule has 1 heterocycles. The van der Waals surface area contributed by atoms with E-state index in [2.05, 4.69) is 9.97 Å². The van der Waals surface area contributed by atoms with Crippen LogP contribution in [0.1, 0.15) is 18.6 Å². The van der Waals surface area contributed by atoms with Crippen molar-refractivity contribution in [1.82, 2.24) is 9.97 Å². The summed E-state index contributed by atoms with van der Waals surface area (Å²) in [6, 6.07) is 9.63. The monoisotopic (exact) mass is 232 g/mol. The summed E-state index contributed by atoms with van der Waals surface area (Å²) in [6.45, 7) is 1.76. The number of benzene rings is 1. The van der Waals surface area contributed by atoms with E-state index in [0.29, 0.717) is 0 Å². The van der Waals surface area contributed by atoms with Crippen molar-refractivity contribution in [2.24, 2.45) is 0 Å². The molecule has 16 heavy (non-hydrogen) atoms. The van der Waals surface area contributed by atoms with Crippen molar-refractivity contribution in [1.29, 1.82) is 0 Å². The van der Waals surface area contributed by atoms with Crippen molar-refractivity contribution in [2.45, 2.75) is 22.9 Å². The Morgan fingerprint density at radius 2 is 2.06 bits per heavy atom. The number of aromatic nitrogens is 2. The number of aliphatic hydroxyl groups is 1. The fraction of sp³-hybridized carbons (Fsp3) is 0.167. The number of hydrogen-bond donors (Lipinski definition) is 1. The Bertz CT molecular complexity index is 460. The molecule has 1 unspecified atom stereocenters. The fourth-order valence-corrected chi connectivity index (χ4v) is 2.33. The van der Waals surface area contributed by atoms with Crippen LogP contribution in [0.2, 0.25) is 0 Å². The molecule has 2 aromatic rings. The summed E-state index contributed by atoms with van der Waals surface area (Å²) in [5.74, 6) is 0. The van der Waals surface area contributed by atoms with Gasteiger partial charge in [0.1, 0.15) is 11.4 Å². The molecule has 1 atom stereocenters. The van der Waals surface area contributed by atoms with Gasteiger partial charge >= 0.3 is 0 Å². The summed E-state index contributed by atoms with van der Waals surface area (Å²) >= 11 is 1.53. The van der Waals surface area contributed by atoms with Gasteiger partial charge in [-0.2, -0.15) is 0 Å². The largest absolute Gasteiger partial charge is 0.389 e. The van der Waals surface area contributed by atoms with Gasteiger partial charge < -0.3 is 5.11 Å². The maximum absolute atomic E-state index is 9.64. The van der Waals surface area contributed by atoms with Gasteiger partial charge in [0.2, 0.25) is 0 Å². The molecule has 3 nitrogen and oxygen atoms in total. The molecule has 0 saturated heterocycles. The number of rotatable bonds is 3. The molecule has 1 N–H and O–H groups in total. The predicted molar refractivity (Wildman–Crippen MR) is 63.2 cm³/mol. The molecule has 0 fully saturated rings. The van der Waals surface area contributed by atoms with Gasteiger partial charge in [-0.3, -0.25) is 0 Å². The van der Waals surface area contributed by atoms with E-state index in [1.807, 2.05) is 30.3 Å². The van der Waals surface area contributed by atoms with Crippen LogP contribution in [0.15, 0.2) is 52.8 Å². The highest BCUT2D eigenvalue weighted by Crippen LogP contribution is 2.31. The molecule has 1 aromatic heterocycles. The van der Waals surface area contributed by atoms with Crippen molar-refractivity contribution in [3.05, 3.63) is 48.4 Å². The second-order valence-corrected chi connectivity index (χ2v) is 4.43. The summed E-state index contributed by atoms with van der Waals surface area (Å²) in [6.07, 6.45) is 2.76. The van der Waals surface area contributed by atoms with Crippen LogP contribution < -0.4 is 0 Å². The smallest absolute Gasteiger partial charge is 0.116 e. The van der Waals surface area contributed by atoms with Gasteiger partial charge in [0.05, 0.1) is 6.10 Å². The van der Waals surface area contributed by atoms with E-state index in [9.17, 15) is 5.11 Å². The van der Waals surface area contributed by atoms with Crippen LogP contribution in [0.25, 0.3) is 0 Å². The molecule has 0 aliphatic rings.